The summed E-state index contributed by atoms with van der Waals surface area (Å²) in [5.74, 6) is 2.47. The number of rotatable bonds is 4. The summed E-state index contributed by atoms with van der Waals surface area (Å²) in [5, 5.41) is 15.2. The first-order valence-corrected chi connectivity index (χ1v) is 7.83. The number of nitrogens with one attached hydrogen (secondary N) is 1. The molecular weight excluding hydrogens is 238 g/mol. The zero-order valence-electron chi connectivity index (χ0n) is 9.61. The van der Waals surface area contributed by atoms with Gasteiger partial charge in [-0.15, -0.1) is 11.3 Å². The Morgan fingerprint density at radius 2 is 2.50 bits per heavy atom. The molecule has 1 aliphatic rings. The molecule has 1 aliphatic heterocycles. The smallest absolute Gasteiger partial charge is 0.0654 e. The van der Waals surface area contributed by atoms with E-state index >= 15 is 0 Å². The first-order valence-electron chi connectivity index (χ1n) is 5.80. The van der Waals surface area contributed by atoms with Crippen molar-refractivity contribution in [1.29, 1.82) is 0 Å². The molecule has 16 heavy (non-hydrogen) atoms. The van der Waals surface area contributed by atoms with Gasteiger partial charge in [-0.2, -0.15) is 11.8 Å². The highest BCUT2D eigenvalue weighted by Gasteiger charge is 2.20. The molecule has 0 bridgehead atoms. The fraction of sp³-hybridized carbons (Fsp3) is 0.667. The lowest BCUT2D eigenvalue weighted by atomic mass is 10.1. The van der Waals surface area contributed by atoms with E-state index in [0.29, 0.717) is 6.04 Å². The molecule has 0 saturated carbocycles. The van der Waals surface area contributed by atoms with Gasteiger partial charge in [0, 0.05) is 16.7 Å². The number of thiophene rings is 1. The van der Waals surface area contributed by atoms with Crippen LogP contribution in [0.5, 0.6) is 0 Å². The van der Waals surface area contributed by atoms with Crippen LogP contribution in [0.3, 0.4) is 0 Å². The van der Waals surface area contributed by atoms with E-state index in [9.17, 15) is 5.11 Å². The molecular formula is C12H19NOS2. The third-order valence-corrected chi connectivity index (χ3v) is 5.35. The molecule has 0 amide bonds. The molecule has 0 spiro atoms. The zero-order chi connectivity index (χ0) is 11.4. The normalized spacial score (nSPS) is 23.2. The largest absolute Gasteiger partial charge is 0.394 e. The number of aryl methyl sites for hydroxylation is 1. The van der Waals surface area contributed by atoms with E-state index in [1.54, 1.807) is 11.3 Å². The average molecular weight is 257 g/mol. The average Bonchev–Trinajstić information content (AvgIpc) is 2.74. The van der Waals surface area contributed by atoms with Gasteiger partial charge in [0.25, 0.3) is 0 Å². The monoisotopic (exact) mass is 257 g/mol. The molecule has 1 aromatic rings. The SMILES string of the molecule is Cc1ccsc1C(CO)NC1CCCSC1. The molecule has 0 aliphatic carbocycles. The minimum Gasteiger partial charge on any atom is -0.394 e. The molecule has 4 heteroatoms. The van der Waals surface area contributed by atoms with Gasteiger partial charge in [-0.25, -0.2) is 0 Å². The summed E-state index contributed by atoms with van der Waals surface area (Å²) in [6.07, 6.45) is 2.54. The lowest BCUT2D eigenvalue weighted by Crippen LogP contribution is -2.38. The van der Waals surface area contributed by atoms with Crippen LogP contribution in [-0.2, 0) is 0 Å². The van der Waals surface area contributed by atoms with Gasteiger partial charge in [0.05, 0.1) is 12.6 Å². The van der Waals surface area contributed by atoms with Crippen molar-refractivity contribution in [3.63, 3.8) is 0 Å². The molecule has 1 aromatic heterocycles. The highest BCUT2D eigenvalue weighted by molar-refractivity contribution is 7.99. The summed E-state index contributed by atoms with van der Waals surface area (Å²) in [6.45, 7) is 2.31. The Bertz CT molecular complexity index is 321. The van der Waals surface area contributed by atoms with Crippen LogP contribution in [0.25, 0.3) is 0 Å². The molecule has 0 radical (unpaired) electrons. The van der Waals surface area contributed by atoms with Crippen LogP contribution in [0.4, 0.5) is 0 Å². The molecule has 2 unspecified atom stereocenters. The van der Waals surface area contributed by atoms with Gasteiger partial charge in [0.15, 0.2) is 0 Å². The summed E-state index contributed by atoms with van der Waals surface area (Å²) in [5.41, 5.74) is 1.29. The number of hydrogen-bond donors (Lipinski definition) is 2. The molecule has 1 fully saturated rings. The summed E-state index contributed by atoms with van der Waals surface area (Å²) < 4.78 is 0. The second-order valence-corrected chi connectivity index (χ2v) is 6.38. The molecule has 2 N–H and O–H groups in total. The van der Waals surface area contributed by atoms with Gasteiger partial charge < -0.3 is 10.4 Å². The van der Waals surface area contributed by atoms with Crippen LogP contribution >= 0.6 is 23.1 Å². The third-order valence-electron chi connectivity index (χ3n) is 3.00. The first-order chi connectivity index (χ1) is 7.81. The Labute approximate surface area is 105 Å². The number of aliphatic hydroxyl groups is 1. The van der Waals surface area contributed by atoms with Crippen molar-refractivity contribution >= 4 is 23.1 Å². The molecule has 0 aromatic carbocycles. The summed E-state index contributed by atoms with van der Waals surface area (Å²) >= 11 is 3.76. The van der Waals surface area contributed by atoms with E-state index in [0.717, 1.165) is 0 Å². The van der Waals surface area contributed by atoms with Gasteiger partial charge in [-0.05, 0) is 42.5 Å². The topological polar surface area (TPSA) is 32.3 Å². The Kier molecular flexibility index (Phi) is 4.70. The minimum atomic E-state index is 0.128. The Morgan fingerprint density at radius 3 is 3.06 bits per heavy atom. The first kappa shape index (κ1) is 12.4. The maximum atomic E-state index is 9.49. The predicted octanol–water partition coefficient (Wildman–Crippen LogP) is 2.58. The van der Waals surface area contributed by atoms with Gasteiger partial charge in [0.1, 0.15) is 0 Å². The zero-order valence-corrected chi connectivity index (χ0v) is 11.2. The molecule has 90 valence electrons. The summed E-state index contributed by atoms with van der Waals surface area (Å²) in [4.78, 5) is 1.29. The lowest BCUT2D eigenvalue weighted by molar-refractivity contribution is 0.235. The Morgan fingerprint density at radius 1 is 1.62 bits per heavy atom. The number of aliphatic hydroxyl groups excluding tert-OH is 1. The van der Waals surface area contributed by atoms with Crippen molar-refractivity contribution in [2.75, 3.05) is 18.1 Å². The van der Waals surface area contributed by atoms with Crippen molar-refractivity contribution in [2.45, 2.75) is 31.8 Å². The highest BCUT2D eigenvalue weighted by atomic mass is 32.2. The van der Waals surface area contributed by atoms with Gasteiger partial charge in [-0.3, -0.25) is 0 Å². The van der Waals surface area contributed by atoms with E-state index in [1.807, 2.05) is 11.8 Å². The minimum absolute atomic E-state index is 0.128. The molecule has 2 heterocycles. The molecule has 2 atom stereocenters. The fourth-order valence-electron chi connectivity index (χ4n) is 2.11. The van der Waals surface area contributed by atoms with Crippen LogP contribution in [0.1, 0.15) is 29.3 Å². The van der Waals surface area contributed by atoms with Crippen molar-refractivity contribution in [1.82, 2.24) is 5.32 Å². The Balaban J connectivity index is 1.97. The van der Waals surface area contributed by atoms with Crippen molar-refractivity contribution in [2.24, 2.45) is 0 Å². The van der Waals surface area contributed by atoms with E-state index in [-0.39, 0.29) is 12.6 Å². The van der Waals surface area contributed by atoms with Gasteiger partial charge in [0.2, 0.25) is 0 Å². The van der Waals surface area contributed by atoms with Crippen molar-refractivity contribution < 1.29 is 5.11 Å². The maximum Gasteiger partial charge on any atom is 0.0654 e. The molecule has 1 saturated heterocycles. The van der Waals surface area contributed by atoms with Gasteiger partial charge in [-0.1, -0.05) is 0 Å². The third kappa shape index (κ3) is 3.00. The second-order valence-electron chi connectivity index (χ2n) is 4.28. The standard InChI is InChI=1S/C12H19NOS2/c1-9-4-6-16-12(9)11(7-14)13-10-3-2-5-15-8-10/h4,6,10-11,13-14H,2-3,5,7-8H2,1H3. The predicted molar refractivity (Wildman–Crippen MR) is 72.4 cm³/mol. The summed E-state index contributed by atoms with van der Waals surface area (Å²) in [7, 11) is 0. The van der Waals surface area contributed by atoms with Crippen LogP contribution in [0, 0.1) is 6.92 Å². The van der Waals surface area contributed by atoms with Gasteiger partial charge >= 0.3 is 0 Å². The Hall–Kier alpha value is -0.0300. The lowest BCUT2D eigenvalue weighted by Gasteiger charge is -2.27. The van der Waals surface area contributed by atoms with Crippen LogP contribution < -0.4 is 5.32 Å². The molecule has 2 nitrogen and oxygen atoms in total. The highest BCUT2D eigenvalue weighted by Crippen LogP contribution is 2.26. The van der Waals surface area contributed by atoms with E-state index in [4.69, 9.17) is 0 Å². The van der Waals surface area contributed by atoms with E-state index in [2.05, 4.69) is 23.7 Å². The quantitative estimate of drug-likeness (QED) is 0.869. The fourth-order valence-corrected chi connectivity index (χ4v) is 4.17. The molecule has 2 rings (SSSR count). The number of hydrogen-bond acceptors (Lipinski definition) is 4. The summed E-state index contributed by atoms with van der Waals surface area (Å²) in [6, 6.07) is 2.82. The van der Waals surface area contributed by atoms with Crippen molar-refractivity contribution in [3.05, 3.63) is 21.9 Å². The maximum absolute atomic E-state index is 9.49. The van der Waals surface area contributed by atoms with E-state index in [1.165, 1.54) is 34.8 Å². The van der Waals surface area contributed by atoms with Crippen LogP contribution in [0.2, 0.25) is 0 Å². The second kappa shape index (κ2) is 6.05. The van der Waals surface area contributed by atoms with Crippen LogP contribution in [0.15, 0.2) is 11.4 Å². The van der Waals surface area contributed by atoms with Crippen molar-refractivity contribution in [3.8, 4) is 0 Å². The van der Waals surface area contributed by atoms with E-state index < -0.39 is 0 Å². The van der Waals surface area contributed by atoms with Crippen LogP contribution in [-0.4, -0.2) is 29.3 Å². The number of thioether (sulfide) groups is 1.